The van der Waals surface area contributed by atoms with E-state index in [0.717, 1.165) is 57.2 Å². The molecule has 0 spiro atoms. The van der Waals surface area contributed by atoms with Gasteiger partial charge in [0.1, 0.15) is 0 Å². The van der Waals surface area contributed by atoms with Gasteiger partial charge in [-0.1, -0.05) is 12.1 Å². The number of fused-ring (bicyclic) bond motifs is 1. The van der Waals surface area contributed by atoms with Crippen molar-refractivity contribution in [3.63, 3.8) is 0 Å². The summed E-state index contributed by atoms with van der Waals surface area (Å²) in [5, 5.41) is 16.4. The summed E-state index contributed by atoms with van der Waals surface area (Å²) in [5.41, 5.74) is 3.03. The number of likely N-dealkylation sites (tertiary alicyclic amines) is 1. The summed E-state index contributed by atoms with van der Waals surface area (Å²) in [5.74, 6) is 0.660. The van der Waals surface area contributed by atoms with E-state index >= 15 is 0 Å². The summed E-state index contributed by atoms with van der Waals surface area (Å²) in [6, 6.07) is 11.9. The number of aromatic nitrogens is 2. The Morgan fingerprint density at radius 2 is 2.08 bits per heavy atom. The molecule has 0 aliphatic carbocycles. The number of nitriles is 1. The van der Waals surface area contributed by atoms with E-state index in [9.17, 15) is 4.79 Å². The summed E-state index contributed by atoms with van der Waals surface area (Å²) < 4.78 is 1.99. The highest BCUT2D eigenvalue weighted by Gasteiger charge is 2.27. The lowest BCUT2D eigenvalue weighted by molar-refractivity contribution is 0.162. The lowest BCUT2D eigenvalue weighted by Crippen LogP contribution is -2.47. The lowest BCUT2D eigenvalue weighted by Gasteiger charge is -2.35. The Morgan fingerprint density at radius 3 is 2.85 bits per heavy atom. The number of benzene rings is 1. The summed E-state index contributed by atoms with van der Waals surface area (Å²) in [7, 11) is 0. The molecule has 2 amide bonds. The number of anilines is 1. The number of hydrogen-bond donors (Lipinski definition) is 1. The standard InChI is InChI=1S/C20H23N5O/c21-14-16-8-6-15(7-9-16)12-17-4-1-2-10-24(17)20(26)22-19-13-18-5-3-11-25(18)23-19/h6-9,13,17H,1-5,10-12H2,(H,22,23,26). The maximum Gasteiger partial charge on any atom is 0.323 e. The number of piperidine rings is 1. The normalized spacial score (nSPS) is 19.0. The first-order valence-electron chi connectivity index (χ1n) is 9.36. The van der Waals surface area contributed by atoms with Crippen molar-refractivity contribution in [3.05, 3.63) is 47.2 Å². The fraction of sp³-hybridized carbons (Fsp3) is 0.450. The van der Waals surface area contributed by atoms with Gasteiger partial charge >= 0.3 is 6.03 Å². The van der Waals surface area contributed by atoms with Crippen LogP contribution in [0.15, 0.2) is 30.3 Å². The summed E-state index contributed by atoms with van der Waals surface area (Å²) in [6.07, 6.45) is 6.18. The summed E-state index contributed by atoms with van der Waals surface area (Å²) in [6.45, 7) is 1.72. The second-order valence-corrected chi connectivity index (χ2v) is 7.13. The third kappa shape index (κ3) is 3.43. The zero-order valence-corrected chi connectivity index (χ0v) is 14.8. The molecule has 0 saturated carbocycles. The first kappa shape index (κ1) is 16.6. The smallest absolute Gasteiger partial charge is 0.321 e. The molecule has 3 heterocycles. The molecule has 1 N–H and O–H groups in total. The molecule has 6 nitrogen and oxygen atoms in total. The monoisotopic (exact) mass is 349 g/mol. The third-order valence-electron chi connectivity index (χ3n) is 5.34. The van der Waals surface area contributed by atoms with Gasteiger partial charge in [-0.3, -0.25) is 10.00 Å². The Bertz CT molecular complexity index is 811. The van der Waals surface area contributed by atoms with Crippen molar-refractivity contribution in [1.29, 1.82) is 5.26 Å². The predicted molar refractivity (Wildman–Crippen MR) is 98.8 cm³/mol. The Kier molecular flexibility index (Phi) is 4.61. The van der Waals surface area contributed by atoms with Gasteiger partial charge in [-0.25, -0.2) is 4.79 Å². The number of carbonyl (C=O) groups excluding carboxylic acids is 1. The van der Waals surface area contributed by atoms with Crippen LogP contribution >= 0.6 is 0 Å². The van der Waals surface area contributed by atoms with E-state index < -0.39 is 0 Å². The maximum atomic E-state index is 12.8. The Labute approximate surface area is 153 Å². The number of rotatable bonds is 3. The number of hydrogen-bond acceptors (Lipinski definition) is 3. The minimum absolute atomic E-state index is 0.0554. The fourth-order valence-electron chi connectivity index (χ4n) is 3.97. The molecule has 0 radical (unpaired) electrons. The van der Waals surface area contributed by atoms with Crippen molar-refractivity contribution in [2.75, 3.05) is 11.9 Å². The molecular formula is C20H23N5O. The molecule has 1 aromatic carbocycles. The van der Waals surface area contributed by atoms with Crippen LogP contribution in [0.3, 0.4) is 0 Å². The molecule has 1 saturated heterocycles. The molecule has 26 heavy (non-hydrogen) atoms. The molecule has 1 atom stereocenters. The van der Waals surface area contributed by atoms with Crippen molar-refractivity contribution < 1.29 is 4.79 Å². The van der Waals surface area contributed by atoms with Gasteiger partial charge in [0.15, 0.2) is 5.82 Å². The van der Waals surface area contributed by atoms with Crippen molar-refractivity contribution in [2.24, 2.45) is 0 Å². The second kappa shape index (κ2) is 7.20. The minimum atomic E-state index is -0.0554. The molecule has 1 fully saturated rings. The number of urea groups is 1. The topological polar surface area (TPSA) is 74.0 Å². The molecule has 6 heteroatoms. The van der Waals surface area contributed by atoms with Crippen LogP contribution in [0, 0.1) is 11.3 Å². The maximum absolute atomic E-state index is 12.8. The third-order valence-corrected chi connectivity index (χ3v) is 5.34. The van der Waals surface area contributed by atoms with Gasteiger partial charge in [0.2, 0.25) is 0 Å². The molecule has 1 aromatic heterocycles. The Balaban J connectivity index is 1.43. The number of nitrogens with zero attached hydrogens (tertiary/aromatic N) is 4. The van der Waals surface area contributed by atoms with Crippen LogP contribution in [0.5, 0.6) is 0 Å². The number of amides is 2. The highest BCUT2D eigenvalue weighted by Crippen LogP contribution is 2.23. The van der Waals surface area contributed by atoms with E-state index in [1.807, 2.05) is 39.9 Å². The lowest BCUT2D eigenvalue weighted by atomic mass is 9.95. The zero-order chi connectivity index (χ0) is 17.9. The number of aryl methyl sites for hydroxylation is 2. The van der Waals surface area contributed by atoms with Gasteiger partial charge < -0.3 is 4.90 Å². The molecule has 2 aromatic rings. The van der Waals surface area contributed by atoms with Gasteiger partial charge in [0, 0.05) is 30.9 Å². The van der Waals surface area contributed by atoms with Crippen LogP contribution in [0.2, 0.25) is 0 Å². The van der Waals surface area contributed by atoms with Gasteiger partial charge in [-0.2, -0.15) is 10.4 Å². The van der Waals surface area contributed by atoms with Crippen LogP contribution in [0.4, 0.5) is 10.6 Å². The second-order valence-electron chi connectivity index (χ2n) is 7.13. The highest BCUT2D eigenvalue weighted by molar-refractivity contribution is 5.88. The summed E-state index contributed by atoms with van der Waals surface area (Å²) in [4.78, 5) is 14.8. The molecular weight excluding hydrogens is 326 g/mol. The Morgan fingerprint density at radius 1 is 1.23 bits per heavy atom. The predicted octanol–water partition coefficient (Wildman–Crippen LogP) is 3.33. The van der Waals surface area contributed by atoms with Gasteiger partial charge in [-0.15, -0.1) is 0 Å². The van der Waals surface area contributed by atoms with Crippen LogP contribution in [0.1, 0.15) is 42.5 Å². The number of carbonyl (C=O) groups is 1. The van der Waals surface area contributed by atoms with E-state index in [0.29, 0.717) is 11.4 Å². The average Bonchev–Trinajstić information content (AvgIpc) is 3.24. The first-order valence-corrected chi connectivity index (χ1v) is 9.36. The molecule has 134 valence electrons. The molecule has 0 bridgehead atoms. The van der Waals surface area contributed by atoms with Crippen molar-refractivity contribution in [2.45, 2.75) is 51.1 Å². The van der Waals surface area contributed by atoms with Gasteiger partial charge in [0.25, 0.3) is 0 Å². The minimum Gasteiger partial charge on any atom is -0.321 e. The SMILES string of the molecule is N#Cc1ccc(CC2CCCCN2C(=O)Nc2cc3n(n2)CCC3)cc1. The number of nitrogens with one attached hydrogen (secondary N) is 1. The zero-order valence-electron chi connectivity index (χ0n) is 14.8. The van der Waals surface area contributed by atoms with Crippen LogP contribution in [-0.4, -0.2) is 33.3 Å². The quantitative estimate of drug-likeness (QED) is 0.923. The van der Waals surface area contributed by atoms with Crippen molar-refractivity contribution >= 4 is 11.8 Å². The highest BCUT2D eigenvalue weighted by atomic mass is 16.2. The van der Waals surface area contributed by atoms with Gasteiger partial charge in [0.05, 0.1) is 11.6 Å². The summed E-state index contributed by atoms with van der Waals surface area (Å²) >= 11 is 0. The molecule has 2 aliphatic rings. The van der Waals surface area contributed by atoms with Crippen molar-refractivity contribution in [3.8, 4) is 6.07 Å². The van der Waals surface area contributed by atoms with Crippen LogP contribution < -0.4 is 5.32 Å². The van der Waals surface area contributed by atoms with E-state index in [1.54, 1.807) is 0 Å². The van der Waals surface area contributed by atoms with Crippen LogP contribution in [0.25, 0.3) is 0 Å². The fourth-order valence-corrected chi connectivity index (χ4v) is 3.97. The van der Waals surface area contributed by atoms with Crippen molar-refractivity contribution in [1.82, 2.24) is 14.7 Å². The van der Waals surface area contributed by atoms with E-state index in [-0.39, 0.29) is 12.1 Å². The molecule has 1 unspecified atom stereocenters. The van der Waals surface area contributed by atoms with Crippen LogP contribution in [-0.2, 0) is 19.4 Å². The van der Waals surface area contributed by atoms with E-state index in [2.05, 4.69) is 16.5 Å². The first-order chi connectivity index (χ1) is 12.7. The van der Waals surface area contributed by atoms with Gasteiger partial charge in [-0.05, 0) is 56.2 Å². The van der Waals surface area contributed by atoms with E-state index in [4.69, 9.17) is 5.26 Å². The van der Waals surface area contributed by atoms with E-state index in [1.165, 1.54) is 5.69 Å². The molecule has 4 rings (SSSR count). The molecule has 2 aliphatic heterocycles. The largest absolute Gasteiger partial charge is 0.323 e. The Hall–Kier alpha value is -2.81. The average molecular weight is 349 g/mol.